The van der Waals surface area contributed by atoms with Gasteiger partial charge in [0.2, 0.25) is 0 Å². The van der Waals surface area contributed by atoms with Crippen LogP contribution in [0.5, 0.6) is 0 Å². The minimum atomic E-state index is -0.867. The second-order valence-electron chi connectivity index (χ2n) is 5.81. The van der Waals surface area contributed by atoms with E-state index in [1.807, 2.05) is 22.9 Å². The monoisotopic (exact) mass is 329 g/mol. The van der Waals surface area contributed by atoms with Crippen LogP contribution in [-0.2, 0) is 0 Å². The van der Waals surface area contributed by atoms with Crippen molar-refractivity contribution in [1.29, 1.82) is 0 Å². The molecule has 24 heavy (non-hydrogen) atoms. The van der Waals surface area contributed by atoms with Crippen LogP contribution >= 0.6 is 0 Å². The van der Waals surface area contributed by atoms with Crippen molar-refractivity contribution in [3.8, 4) is 0 Å². The molecule has 0 unspecified atom stereocenters. The average molecular weight is 329 g/mol. The van der Waals surface area contributed by atoms with Crippen LogP contribution in [0.15, 0.2) is 30.7 Å². The van der Waals surface area contributed by atoms with E-state index in [9.17, 15) is 4.39 Å². The Bertz CT molecular complexity index is 823. The fourth-order valence-corrected chi connectivity index (χ4v) is 3.02. The quantitative estimate of drug-likeness (QED) is 0.678. The summed E-state index contributed by atoms with van der Waals surface area (Å²) in [4.78, 5) is 12.1. The molecule has 0 spiro atoms. The SMILES string of the molecule is CN(C[C@@H]1C[C@H](F)CN1c1ccncn1)c1ccc2nnnn2n1. The van der Waals surface area contributed by atoms with Gasteiger partial charge < -0.3 is 9.80 Å². The van der Waals surface area contributed by atoms with Crippen LogP contribution in [0.1, 0.15) is 6.42 Å². The molecule has 1 aliphatic rings. The second kappa shape index (κ2) is 5.95. The summed E-state index contributed by atoms with van der Waals surface area (Å²) in [6.07, 6.45) is 2.74. The summed E-state index contributed by atoms with van der Waals surface area (Å²) in [5.41, 5.74) is 0.583. The van der Waals surface area contributed by atoms with Crippen LogP contribution in [0.25, 0.3) is 5.65 Å². The minimum absolute atomic E-state index is 0.00580. The first-order chi connectivity index (χ1) is 11.7. The van der Waals surface area contributed by atoms with Gasteiger partial charge in [-0.3, -0.25) is 0 Å². The Morgan fingerprint density at radius 2 is 2.25 bits per heavy atom. The molecule has 1 fully saturated rings. The Balaban J connectivity index is 1.54. The molecule has 124 valence electrons. The summed E-state index contributed by atoms with van der Waals surface area (Å²) < 4.78 is 15.4. The van der Waals surface area contributed by atoms with Gasteiger partial charge in [0, 0.05) is 26.2 Å². The Morgan fingerprint density at radius 3 is 3.08 bits per heavy atom. The van der Waals surface area contributed by atoms with Gasteiger partial charge >= 0.3 is 0 Å². The lowest BCUT2D eigenvalue weighted by Gasteiger charge is -2.29. The molecule has 4 rings (SSSR count). The van der Waals surface area contributed by atoms with Crippen LogP contribution in [0.2, 0.25) is 0 Å². The van der Waals surface area contributed by atoms with E-state index in [0.29, 0.717) is 25.2 Å². The molecular weight excluding hydrogens is 313 g/mol. The highest BCUT2D eigenvalue weighted by molar-refractivity contribution is 5.46. The first kappa shape index (κ1) is 14.7. The first-order valence-corrected chi connectivity index (χ1v) is 7.64. The number of likely N-dealkylation sites (N-methyl/N-ethyl adjacent to an activating group) is 1. The lowest BCUT2D eigenvalue weighted by atomic mass is 10.2. The zero-order chi connectivity index (χ0) is 16.5. The molecule has 0 bridgehead atoms. The highest BCUT2D eigenvalue weighted by Gasteiger charge is 2.33. The van der Waals surface area contributed by atoms with E-state index in [1.165, 1.54) is 11.0 Å². The maximum atomic E-state index is 14.0. The van der Waals surface area contributed by atoms with Crippen LogP contribution in [0.4, 0.5) is 16.0 Å². The lowest BCUT2D eigenvalue weighted by molar-refractivity contribution is 0.356. The van der Waals surface area contributed by atoms with Crippen LogP contribution in [0.3, 0.4) is 0 Å². The third kappa shape index (κ3) is 2.70. The predicted molar refractivity (Wildman–Crippen MR) is 84.5 cm³/mol. The van der Waals surface area contributed by atoms with Crippen molar-refractivity contribution in [1.82, 2.24) is 35.2 Å². The Labute approximate surface area is 137 Å². The molecule has 3 aromatic heterocycles. The molecule has 4 heterocycles. The fourth-order valence-electron chi connectivity index (χ4n) is 3.02. The average Bonchev–Trinajstić information content (AvgIpc) is 3.21. The van der Waals surface area contributed by atoms with Gasteiger partial charge in [0.1, 0.15) is 18.3 Å². The number of nitrogens with zero attached hydrogens (tertiary/aromatic N) is 9. The van der Waals surface area contributed by atoms with Crippen molar-refractivity contribution in [3.05, 3.63) is 30.7 Å². The number of alkyl halides is 1. The number of tetrazole rings is 1. The molecule has 0 saturated carbocycles. The summed E-state index contributed by atoms with van der Waals surface area (Å²) in [7, 11) is 1.92. The Hall–Kier alpha value is -2.91. The third-order valence-electron chi connectivity index (χ3n) is 4.16. The molecule has 0 N–H and O–H groups in total. The van der Waals surface area contributed by atoms with E-state index in [-0.39, 0.29) is 6.04 Å². The minimum Gasteiger partial charge on any atom is -0.356 e. The van der Waals surface area contributed by atoms with Gasteiger partial charge in [-0.15, -0.1) is 14.8 Å². The standard InChI is InChI=1S/C14H16FN9/c1-22(14-3-2-13-18-20-21-24(13)19-14)8-11-6-10(15)7-23(11)12-4-5-16-9-17-12/h2-5,9-11H,6-8H2,1H3/t10-,11-/m0/s1. The van der Waals surface area contributed by atoms with E-state index in [2.05, 4.69) is 30.6 Å². The summed E-state index contributed by atoms with van der Waals surface area (Å²) in [6.45, 7) is 0.958. The highest BCUT2D eigenvalue weighted by atomic mass is 19.1. The molecule has 0 aliphatic carbocycles. The normalized spacial score (nSPS) is 20.7. The molecule has 10 heteroatoms. The van der Waals surface area contributed by atoms with Gasteiger partial charge in [-0.25, -0.2) is 14.4 Å². The fraction of sp³-hybridized carbons (Fsp3) is 0.429. The molecular formula is C14H16FN9. The van der Waals surface area contributed by atoms with Crippen molar-refractivity contribution in [2.45, 2.75) is 18.6 Å². The van der Waals surface area contributed by atoms with Crippen molar-refractivity contribution >= 4 is 17.3 Å². The maximum Gasteiger partial charge on any atom is 0.200 e. The van der Waals surface area contributed by atoms with Gasteiger partial charge in [-0.1, -0.05) is 0 Å². The summed E-state index contributed by atoms with van der Waals surface area (Å²) in [5, 5.41) is 15.6. The van der Waals surface area contributed by atoms with Crippen LogP contribution in [0, 0.1) is 0 Å². The van der Waals surface area contributed by atoms with Crippen LogP contribution in [-0.4, -0.2) is 67.6 Å². The van der Waals surface area contributed by atoms with Gasteiger partial charge in [-0.2, -0.15) is 0 Å². The molecule has 2 atom stereocenters. The Kier molecular flexibility index (Phi) is 3.63. The van der Waals surface area contributed by atoms with E-state index < -0.39 is 6.17 Å². The van der Waals surface area contributed by atoms with Gasteiger partial charge in [-0.05, 0) is 28.6 Å². The topological polar surface area (TPSA) is 88.2 Å². The summed E-state index contributed by atoms with van der Waals surface area (Å²) in [6, 6.07) is 5.46. The van der Waals surface area contributed by atoms with E-state index in [0.717, 1.165) is 11.6 Å². The van der Waals surface area contributed by atoms with Crippen molar-refractivity contribution in [2.24, 2.45) is 0 Å². The number of rotatable bonds is 4. The number of aromatic nitrogens is 7. The molecule has 0 radical (unpaired) electrons. The van der Waals surface area contributed by atoms with E-state index in [1.54, 1.807) is 18.3 Å². The van der Waals surface area contributed by atoms with Crippen molar-refractivity contribution in [2.75, 3.05) is 29.9 Å². The molecule has 0 amide bonds. The predicted octanol–water partition coefficient (Wildman–Crippen LogP) is 0.362. The highest BCUT2D eigenvalue weighted by Crippen LogP contribution is 2.26. The molecule has 3 aromatic rings. The Morgan fingerprint density at radius 1 is 1.33 bits per heavy atom. The molecule has 9 nitrogen and oxygen atoms in total. The van der Waals surface area contributed by atoms with Crippen LogP contribution < -0.4 is 9.80 Å². The van der Waals surface area contributed by atoms with E-state index in [4.69, 9.17) is 0 Å². The third-order valence-corrected chi connectivity index (χ3v) is 4.16. The molecule has 1 aliphatic heterocycles. The number of fused-ring (bicyclic) bond motifs is 1. The number of anilines is 2. The van der Waals surface area contributed by atoms with Crippen molar-refractivity contribution in [3.63, 3.8) is 0 Å². The smallest absolute Gasteiger partial charge is 0.200 e. The second-order valence-corrected chi connectivity index (χ2v) is 5.81. The number of hydrogen-bond donors (Lipinski definition) is 0. The lowest BCUT2D eigenvalue weighted by Crippen LogP contribution is -2.39. The summed E-state index contributed by atoms with van der Waals surface area (Å²) >= 11 is 0. The van der Waals surface area contributed by atoms with Gasteiger partial charge in [0.25, 0.3) is 0 Å². The zero-order valence-corrected chi connectivity index (χ0v) is 13.1. The largest absolute Gasteiger partial charge is 0.356 e. The van der Waals surface area contributed by atoms with Gasteiger partial charge in [0.05, 0.1) is 12.6 Å². The number of halogens is 1. The molecule has 0 aromatic carbocycles. The van der Waals surface area contributed by atoms with Crippen molar-refractivity contribution < 1.29 is 4.39 Å². The first-order valence-electron chi connectivity index (χ1n) is 7.64. The van der Waals surface area contributed by atoms with Gasteiger partial charge in [0.15, 0.2) is 11.5 Å². The summed E-state index contributed by atoms with van der Waals surface area (Å²) in [5.74, 6) is 1.46. The molecule has 1 saturated heterocycles. The zero-order valence-electron chi connectivity index (χ0n) is 13.1. The van der Waals surface area contributed by atoms with E-state index >= 15 is 0 Å². The maximum absolute atomic E-state index is 14.0. The number of hydrogen-bond acceptors (Lipinski definition) is 8.